The molecule has 7 heteroatoms. The van der Waals surface area contributed by atoms with E-state index in [1.165, 1.54) is 0 Å². The van der Waals surface area contributed by atoms with Crippen LogP contribution in [0.1, 0.15) is 43.7 Å². The van der Waals surface area contributed by atoms with Crippen LogP contribution in [0.5, 0.6) is 0 Å². The first-order valence-electron chi connectivity index (χ1n) is 8.32. The van der Waals surface area contributed by atoms with E-state index in [-0.39, 0.29) is 30.0 Å². The van der Waals surface area contributed by atoms with Crippen LogP contribution in [-0.2, 0) is 9.59 Å². The van der Waals surface area contributed by atoms with Gasteiger partial charge in [0.25, 0.3) is 0 Å². The van der Waals surface area contributed by atoms with E-state index < -0.39 is 5.97 Å². The molecule has 0 radical (unpaired) electrons. The summed E-state index contributed by atoms with van der Waals surface area (Å²) in [6.07, 6.45) is 3.37. The zero-order valence-electron chi connectivity index (χ0n) is 13.3. The molecule has 1 aliphatic carbocycles. The predicted octanol–water partition coefficient (Wildman–Crippen LogP) is 2.01. The fourth-order valence-corrected chi connectivity index (χ4v) is 3.55. The maximum atomic E-state index is 12.4. The van der Waals surface area contributed by atoms with Crippen molar-refractivity contribution < 1.29 is 14.7 Å². The van der Waals surface area contributed by atoms with Gasteiger partial charge >= 0.3 is 5.97 Å². The van der Waals surface area contributed by atoms with Crippen molar-refractivity contribution in [2.75, 3.05) is 0 Å². The molecular formula is C17H22ClN3O3. The molecule has 0 spiro atoms. The summed E-state index contributed by atoms with van der Waals surface area (Å²) in [6.45, 7) is 0. The standard InChI is InChI=1S/C17H22ClN3O3/c18-12-5-1-10(2-6-12)14-9-15(21-20-14)16(22)19-13-7-3-11(4-8-13)17(23)24/h1-2,5-6,11,13-15,20-21H,3-4,7-9H2,(H,19,22)(H,23,24). The fraction of sp³-hybridized carbons (Fsp3) is 0.529. The van der Waals surface area contributed by atoms with Crippen LogP contribution in [0.15, 0.2) is 24.3 Å². The van der Waals surface area contributed by atoms with E-state index in [1.54, 1.807) is 0 Å². The minimum absolute atomic E-state index is 0.0299. The van der Waals surface area contributed by atoms with Gasteiger partial charge in [0, 0.05) is 17.1 Å². The maximum absolute atomic E-state index is 12.4. The molecule has 0 bridgehead atoms. The highest BCUT2D eigenvalue weighted by atomic mass is 35.5. The van der Waals surface area contributed by atoms with Gasteiger partial charge in [-0.2, -0.15) is 0 Å². The smallest absolute Gasteiger partial charge is 0.306 e. The number of hydrogen-bond acceptors (Lipinski definition) is 4. The number of rotatable bonds is 4. The molecule has 2 unspecified atom stereocenters. The molecule has 1 aromatic rings. The summed E-state index contributed by atoms with van der Waals surface area (Å²) < 4.78 is 0. The fourth-order valence-electron chi connectivity index (χ4n) is 3.43. The van der Waals surface area contributed by atoms with Crippen LogP contribution in [0.25, 0.3) is 0 Å². The zero-order valence-corrected chi connectivity index (χ0v) is 14.1. The normalized spacial score (nSPS) is 30.0. The van der Waals surface area contributed by atoms with Crippen LogP contribution in [0.3, 0.4) is 0 Å². The maximum Gasteiger partial charge on any atom is 0.306 e. The molecule has 24 heavy (non-hydrogen) atoms. The van der Waals surface area contributed by atoms with Gasteiger partial charge < -0.3 is 10.4 Å². The second-order valence-corrected chi connectivity index (χ2v) is 7.01. The summed E-state index contributed by atoms with van der Waals surface area (Å²) in [5.41, 5.74) is 7.29. The second kappa shape index (κ2) is 7.51. The predicted molar refractivity (Wildman–Crippen MR) is 90.4 cm³/mol. The molecule has 1 heterocycles. The number of aliphatic carboxylic acids is 1. The van der Waals surface area contributed by atoms with E-state index in [1.807, 2.05) is 24.3 Å². The Balaban J connectivity index is 1.48. The highest BCUT2D eigenvalue weighted by Crippen LogP contribution is 2.26. The van der Waals surface area contributed by atoms with Gasteiger partial charge in [-0.05, 0) is 49.8 Å². The zero-order chi connectivity index (χ0) is 17.1. The highest BCUT2D eigenvalue weighted by Gasteiger charge is 2.32. The van der Waals surface area contributed by atoms with Crippen LogP contribution < -0.4 is 16.2 Å². The highest BCUT2D eigenvalue weighted by molar-refractivity contribution is 6.30. The van der Waals surface area contributed by atoms with Crippen molar-refractivity contribution in [2.45, 2.75) is 50.2 Å². The van der Waals surface area contributed by atoms with Crippen molar-refractivity contribution in [3.8, 4) is 0 Å². The average molecular weight is 352 g/mol. The van der Waals surface area contributed by atoms with Gasteiger partial charge in [-0.1, -0.05) is 23.7 Å². The van der Waals surface area contributed by atoms with Gasteiger partial charge in [-0.15, -0.1) is 0 Å². The van der Waals surface area contributed by atoms with Crippen LogP contribution in [0.2, 0.25) is 5.02 Å². The van der Waals surface area contributed by atoms with Gasteiger partial charge in [-0.3, -0.25) is 9.59 Å². The van der Waals surface area contributed by atoms with Gasteiger partial charge in [0.1, 0.15) is 6.04 Å². The summed E-state index contributed by atoms with van der Waals surface area (Å²) >= 11 is 5.90. The Bertz CT molecular complexity index is 600. The summed E-state index contributed by atoms with van der Waals surface area (Å²) in [4.78, 5) is 23.4. The molecule has 1 aliphatic heterocycles. The molecule has 4 N–H and O–H groups in total. The Hall–Kier alpha value is -1.63. The van der Waals surface area contributed by atoms with Crippen molar-refractivity contribution in [1.29, 1.82) is 0 Å². The minimum Gasteiger partial charge on any atom is -0.481 e. The summed E-state index contributed by atoms with van der Waals surface area (Å²) in [5, 5.41) is 12.8. The molecular weight excluding hydrogens is 330 g/mol. The number of amides is 1. The molecule has 1 amide bonds. The molecule has 6 nitrogen and oxygen atoms in total. The lowest BCUT2D eigenvalue weighted by molar-refractivity contribution is -0.142. The van der Waals surface area contributed by atoms with E-state index in [9.17, 15) is 9.59 Å². The van der Waals surface area contributed by atoms with Gasteiger partial charge in [0.2, 0.25) is 5.91 Å². The number of nitrogens with one attached hydrogen (secondary N) is 3. The van der Waals surface area contributed by atoms with Crippen LogP contribution in [-0.4, -0.2) is 29.1 Å². The topological polar surface area (TPSA) is 90.5 Å². The van der Waals surface area contributed by atoms with E-state index in [0.717, 1.165) is 18.4 Å². The van der Waals surface area contributed by atoms with Gasteiger partial charge in [0.05, 0.1) is 5.92 Å². The molecule has 3 rings (SSSR count). The first-order chi connectivity index (χ1) is 11.5. The number of carbonyl (C=O) groups excluding carboxylic acids is 1. The van der Waals surface area contributed by atoms with Crippen molar-refractivity contribution >= 4 is 23.5 Å². The third kappa shape index (κ3) is 4.06. The summed E-state index contributed by atoms with van der Waals surface area (Å²) in [5.74, 6) is -1.02. The molecule has 130 valence electrons. The number of carboxylic acid groups (broad SMARTS) is 1. The molecule has 1 saturated carbocycles. The van der Waals surface area contributed by atoms with Crippen LogP contribution in [0, 0.1) is 5.92 Å². The van der Waals surface area contributed by atoms with Gasteiger partial charge in [0.15, 0.2) is 0 Å². The molecule has 1 aromatic carbocycles. The van der Waals surface area contributed by atoms with Gasteiger partial charge in [-0.25, -0.2) is 10.9 Å². The van der Waals surface area contributed by atoms with E-state index in [4.69, 9.17) is 16.7 Å². The van der Waals surface area contributed by atoms with Crippen LogP contribution in [0.4, 0.5) is 0 Å². The number of carboxylic acids is 1. The number of carbonyl (C=O) groups is 2. The van der Waals surface area contributed by atoms with Crippen molar-refractivity contribution in [3.63, 3.8) is 0 Å². The van der Waals surface area contributed by atoms with E-state index in [2.05, 4.69) is 16.2 Å². The lowest BCUT2D eigenvalue weighted by Crippen LogP contribution is -2.48. The lowest BCUT2D eigenvalue weighted by atomic mass is 9.86. The Morgan fingerprint density at radius 3 is 2.38 bits per heavy atom. The van der Waals surface area contributed by atoms with E-state index in [0.29, 0.717) is 24.3 Å². The molecule has 1 saturated heterocycles. The minimum atomic E-state index is -0.729. The lowest BCUT2D eigenvalue weighted by Gasteiger charge is -2.27. The number of benzene rings is 1. The quantitative estimate of drug-likeness (QED) is 0.666. The second-order valence-electron chi connectivity index (χ2n) is 6.58. The monoisotopic (exact) mass is 351 g/mol. The third-order valence-electron chi connectivity index (χ3n) is 4.91. The largest absolute Gasteiger partial charge is 0.481 e. The summed E-state index contributed by atoms with van der Waals surface area (Å²) in [7, 11) is 0. The van der Waals surface area contributed by atoms with Crippen molar-refractivity contribution in [2.24, 2.45) is 5.92 Å². The molecule has 2 aliphatic rings. The van der Waals surface area contributed by atoms with Crippen molar-refractivity contribution in [1.82, 2.24) is 16.2 Å². The van der Waals surface area contributed by atoms with E-state index >= 15 is 0 Å². The number of hydrogen-bond donors (Lipinski definition) is 4. The number of hydrazine groups is 1. The third-order valence-corrected chi connectivity index (χ3v) is 5.17. The summed E-state index contributed by atoms with van der Waals surface area (Å²) in [6, 6.07) is 7.44. The first kappa shape index (κ1) is 17.2. The van der Waals surface area contributed by atoms with Crippen LogP contribution >= 0.6 is 11.6 Å². The number of halogens is 1. The molecule has 0 aromatic heterocycles. The molecule has 2 atom stereocenters. The first-order valence-corrected chi connectivity index (χ1v) is 8.70. The Morgan fingerprint density at radius 1 is 1.08 bits per heavy atom. The Kier molecular flexibility index (Phi) is 5.38. The Labute approximate surface area is 145 Å². The Morgan fingerprint density at radius 2 is 1.75 bits per heavy atom. The SMILES string of the molecule is O=C(O)C1CCC(NC(=O)C2CC(c3ccc(Cl)cc3)NN2)CC1. The molecule has 2 fully saturated rings. The van der Waals surface area contributed by atoms with Crippen molar-refractivity contribution in [3.05, 3.63) is 34.9 Å². The average Bonchev–Trinajstić information content (AvgIpc) is 3.06.